The Labute approximate surface area is 124 Å². The maximum Gasteiger partial charge on any atom is 0.387 e. The van der Waals surface area contributed by atoms with Crippen LogP contribution in [0.15, 0.2) is 42.5 Å². The molecule has 0 aliphatic carbocycles. The summed E-state index contributed by atoms with van der Waals surface area (Å²) in [5.41, 5.74) is 0.284. The van der Waals surface area contributed by atoms with E-state index in [-0.39, 0.29) is 28.3 Å². The molecule has 0 aliphatic heterocycles. The minimum Gasteiger partial charge on any atom is -0.434 e. The molecule has 0 heterocycles. The molecular weight excluding hydrogens is 305 g/mol. The Morgan fingerprint density at radius 1 is 1.14 bits per heavy atom. The van der Waals surface area contributed by atoms with Crippen LogP contribution in [0.3, 0.4) is 0 Å². The second kappa shape index (κ2) is 6.63. The maximum absolute atomic E-state index is 13.3. The lowest BCUT2D eigenvalue weighted by molar-refractivity contribution is -0.0501. The number of para-hydroxylation sites is 1. The number of Topliss-reactive ketones (excluding diaryl/α,β-unsaturated/α-hetero) is 1. The Hall–Kier alpha value is -2.01. The summed E-state index contributed by atoms with van der Waals surface area (Å²) in [5, 5.41) is -0.155. The highest BCUT2D eigenvalue weighted by atomic mass is 35.5. The number of ketones is 1. The Kier molecular flexibility index (Phi) is 4.85. The summed E-state index contributed by atoms with van der Waals surface area (Å²) in [6.45, 7) is -3.03. The Bertz CT molecular complexity index is 659. The van der Waals surface area contributed by atoms with Gasteiger partial charge < -0.3 is 4.74 Å². The molecule has 0 radical (unpaired) electrons. The lowest BCUT2D eigenvalue weighted by atomic mass is 10.0. The molecule has 0 unspecified atom stereocenters. The third-order valence-electron chi connectivity index (χ3n) is 2.79. The summed E-state index contributed by atoms with van der Waals surface area (Å²) in [5.74, 6) is -1.34. The van der Waals surface area contributed by atoms with E-state index >= 15 is 0 Å². The number of carbonyl (C=O) groups is 1. The molecule has 0 saturated heterocycles. The summed E-state index contributed by atoms with van der Waals surface area (Å²) in [4.78, 5) is 12.2. The van der Waals surface area contributed by atoms with Gasteiger partial charge in [0.15, 0.2) is 5.78 Å². The van der Waals surface area contributed by atoms with E-state index in [9.17, 15) is 18.0 Å². The molecule has 2 aromatic carbocycles. The van der Waals surface area contributed by atoms with Crippen LogP contribution >= 0.6 is 11.6 Å². The highest BCUT2D eigenvalue weighted by Gasteiger charge is 2.17. The van der Waals surface area contributed by atoms with Gasteiger partial charge in [0, 0.05) is 6.42 Å². The van der Waals surface area contributed by atoms with Crippen LogP contribution in [0, 0.1) is 5.82 Å². The second-order valence-electron chi connectivity index (χ2n) is 4.19. The van der Waals surface area contributed by atoms with Gasteiger partial charge in [-0.15, -0.1) is 0 Å². The third kappa shape index (κ3) is 3.76. The number of rotatable bonds is 5. The number of hydrogen-bond acceptors (Lipinski definition) is 2. The SMILES string of the molecule is O=C(Cc1cccc(F)c1Cl)c1ccccc1OC(F)F. The zero-order chi connectivity index (χ0) is 15.4. The number of carbonyl (C=O) groups excluding carboxylic acids is 1. The quantitative estimate of drug-likeness (QED) is 0.759. The summed E-state index contributed by atoms with van der Waals surface area (Å²) in [6.07, 6.45) is -0.208. The van der Waals surface area contributed by atoms with E-state index in [2.05, 4.69) is 4.74 Å². The van der Waals surface area contributed by atoms with Crippen LogP contribution < -0.4 is 4.74 Å². The maximum atomic E-state index is 13.3. The van der Waals surface area contributed by atoms with Gasteiger partial charge in [-0.2, -0.15) is 8.78 Å². The number of halogens is 4. The molecule has 0 amide bonds. The molecule has 0 spiro atoms. The van der Waals surface area contributed by atoms with Crippen LogP contribution in [0.25, 0.3) is 0 Å². The van der Waals surface area contributed by atoms with Gasteiger partial charge in [0.05, 0.1) is 10.6 Å². The zero-order valence-electron chi connectivity index (χ0n) is 10.7. The average molecular weight is 315 g/mol. The average Bonchev–Trinajstić information content (AvgIpc) is 2.44. The summed E-state index contributed by atoms with van der Waals surface area (Å²) >= 11 is 5.77. The molecule has 0 aromatic heterocycles. The smallest absolute Gasteiger partial charge is 0.387 e. The Balaban J connectivity index is 2.27. The number of benzene rings is 2. The molecular formula is C15H10ClF3O2. The molecule has 0 bridgehead atoms. The van der Waals surface area contributed by atoms with Gasteiger partial charge in [0.25, 0.3) is 0 Å². The van der Waals surface area contributed by atoms with Crippen molar-refractivity contribution >= 4 is 17.4 Å². The molecule has 2 nitrogen and oxygen atoms in total. The molecule has 2 aromatic rings. The predicted octanol–water partition coefficient (Wildman–Crippen LogP) is 4.51. The lowest BCUT2D eigenvalue weighted by Crippen LogP contribution is -2.10. The van der Waals surface area contributed by atoms with E-state index in [1.165, 1.54) is 42.5 Å². The van der Waals surface area contributed by atoms with E-state index in [1.54, 1.807) is 0 Å². The molecule has 110 valence electrons. The normalized spacial score (nSPS) is 10.7. The molecule has 2 rings (SSSR count). The van der Waals surface area contributed by atoms with Crippen molar-refractivity contribution in [1.82, 2.24) is 0 Å². The van der Waals surface area contributed by atoms with Gasteiger partial charge in [-0.3, -0.25) is 4.79 Å². The Morgan fingerprint density at radius 2 is 1.86 bits per heavy atom. The van der Waals surface area contributed by atoms with Crippen LogP contribution in [-0.2, 0) is 6.42 Å². The van der Waals surface area contributed by atoms with Crippen molar-refractivity contribution in [3.05, 3.63) is 64.4 Å². The number of ether oxygens (including phenoxy) is 1. The number of hydrogen-bond donors (Lipinski definition) is 0. The largest absolute Gasteiger partial charge is 0.434 e. The van der Waals surface area contributed by atoms with Crippen molar-refractivity contribution in [2.45, 2.75) is 13.0 Å². The monoisotopic (exact) mass is 314 g/mol. The van der Waals surface area contributed by atoms with E-state index in [0.717, 1.165) is 0 Å². The van der Waals surface area contributed by atoms with Crippen molar-refractivity contribution in [2.75, 3.05) is 0 Å². The molecule has 6 heteroatoms. The van der Waals surface area contributed by atoms with Crippen molar-refractivity contribution in [3.63, 3.8) is 0 Å². The Morgan fingerprint density at radius 3 is 2.57 bits per heavy atom. The highest BCUT2D eigenvalue weighted by Crippen LogP contribution is 2.25. The fourth-order valence-corrected chi connectivity index (χ4v) is 2.04. The molecule has 0 atom stereocenters. The van der Waals surface area contributed by atoms with Gasteiger partial charge in [0.1, 0.15) is 11.6 Å². The van der Waals surface area contributed by atoms with Crippen molar-refractivity contribution in [2.24, 2.45) is 0 Å². The lowest BCUT2D eigenvalue weighted by Gasteiger charge is -2.10. The first-order valence-electron chi connectivity index (χ1n) is 5.99. The molecule has 21 heavy (non-hydrogen) atoms. The van der Waals surface area contributed by atoms with Gasteiger partial charge in [-0.25, -0.2) is 4.39 Å². The summed E-state index contributed by atoms with van der Waals surface area (Å²) in [7, 11) is 0. The van der Waals surface area contributed by atoms with Crippen LogP contribution in [-0.4, -0.2) is 12.4 Å². The van der Waals surface area contributed by atoms with Gasteiger partial charge in [-0.1, -0.05) is 35.9 Å². The van der Waals surface area contributed by atoms with Gasteiger partial charge >= 0.3 is 6.61 Å². The van der Waals surface area contributed by atoms with Crippen molar-refractivity contribution < 1.29 is 22.7 Å². The highest BCUT2D eigenvalue weighted by molar-refractivity contribution is 6.31. The first-order valence-corrected chi connectivity index (χ1v) is 6.36. The van der Waals surface area contributed by atoms with Crippen LogP contribution in [0.5, 0.6) is 5.75 Å². The fourth-order valence-electron chi connectivity index (χ4n) is 1.85. The molecule has 0 saturated carbocycles. The standard InChI is InChI=1S/C15H10ClF3O2/c16-14-9(4-3-6-11(14)17)8-12(20)10-5-1-2-7-13(10)21-15(18)19/h1-7,15H,8H2. The topological polar surface area (TPSA) is 26.3 Å². The predicted molar refractivity (Wildman–Crippen MR) is 72.5 cm³/mol. The van der Waals surface area contributed by atoms with Crippen molar-refractivity contribution in [1.29, 1.82) is 0 Å². The first-order chi connectivity index (χ1) is 9.99. The minimum absolute atomic E-state index is 0.00173. The van der Waals surface area contributed by atoms with Crippen LogP contribution in [0.1, 0.15) is 15.9 Å². The summed E-state index contributed by atoms with van der Waals surface area (Å²) in [6, 6.07) is 9.73. The zero-order valence-corrected chi connectivity index (χ0v) is 11.4. The second-order valence-corrected chi connectivity index (χ2v) is 4.57. The molecule has 0 aliphatic rings. The minimum atomic E-state index is -3.03. The summed E-state index contributed by atoms with van der Waals surface area (Å²) < 4.78 is 42.2. The van der Waals surface area contributed by atoms with Crippen LogP contribution in [0.2, 0.25) is 5.02 Å². The van der Waals surface area contributed by atoms with Gasteiger partial charge in [-0.05, 0) is 23.8 Å². The first kappa shape index (κ1) is 15.4. The van der Waals surface area contributed by atoms with Crippen LogP contribution in [0.4, 0.5) is 13.2 Å². The molecule has 0 fully saturated rings. The van der Waals surface area contributed by atoms with E-state index in [0.29, 0.717) is 0 Å². The van der Waals surface area contributed by atoms with E-state index in [4.69, 9.17) is 11.6 Å². The molecule has 0 N–H and O–H groups in total. The fraction of sp³-hybridized carbons (Fsp3) is 0.133. The number of alkyl halides is 2. The van der Waals surface area contributed by atoms with E-state index < -0.39 is 18.2 Å². The van der Waals surface area contributed by atoms with Crippen molar-refractivity contribution in [3.8, 4) is 5.75 Å². The third-order valence-corrected chi connectivity index (χ3v) is 3.21. The van der Waals surface area contributed by atoms with Gasteiger partial charge in [0.2, 0.25) is 0 Å². The van der Waals surface area contributed by atoms with E-state index in [1.807, 2.05) is 0 Å².